The van der Waals surface area contributed by atoms with Crippen molar-refractivity contribution >= 4 is 11.6 Å². The number of amides is 1. The Morgan fingerprint density at radius 2 is 2.30 bits per heavy atom. The van der Waals surface area contributed by atoms with Crippen LogP contribution >= 0.6 is 0 Å². The van der Waals surface area contributed by atoms with Crippen LogP contribution in [-0.2, 0) is 16.1 Å². The molecular formula is C11H18N4O5. The highest BCUT2D eigenvalue weighted by atomic mass is 16.6. The number of nitro groups is 1. The predicted octanol–water partition coefficient (Wildman–Crippen LogP) is 0.343. The van der Waals surface area contributed by atoms with Crippen molar-refractivity contribution < 1.29 is 19.2 Å². The summed E-state index contributed by atoms with van der Waals surface area (Å²) in [6, 6.07) is 0. The molecule has 0 fully saturated rings. The monoisotopic (exact) mass is 286 g/mol. The Morgan fingerprint density at radius 1 is 1.55 bits per heavy atom. The zero-order valence-electron chi connectivity index (χ0n) is 11.5. The van der Waals surface area contributed by atoms with Crippen molar-refractivity contribution in [2.75, 3.05) is 27.4 Å². The first-order valence-electron chi connectivity index (χ1n) is 6.10. The van der Waals surface area contributed by atoms with Crippen molar-refractivity contribution in [1.82, 2.24) is 15.1 Å². The second-order valence-corrected chi connectivity index (χ2v) is 3.99. The molecule has 20 heavy (non-hydrogen) atoms. The van der Waals surface area contributed by atoms with Crippen LogP contribution in [0.1, 0.15) is 12.8 Å². The Morgan fingerprint density at radius 3 is 2.85 bits per heavy atom. The highest BCUT2D eigenvalue weighted by Crippen LogP contribution is 2.23. The van der Waals surface area contributed by atoms with E-state index < -0.39 is 4.92 Å². The number of carbonyl (C=O) groups is 1. The van der Waals surface area contributed by atoms with Gasteiger partial charge in [-0.2, -0.15) is 0 Å². The van der Waals surface area contributed by atoms with Crippen LogP contribution in [0.2, 0.25) is 0 Å². The Kier molecular flexibility index (Phi) is 6.44. The molecule has 0 saturated heterocycles. The lowest BCUT2D eigenvalue weighted by Gasteiger charge is -2.04. The standard InChI is InChI=1S/C11H18N4O5/c1-19-7-3-5-12-10(16)4-6-14-8-9(15(17)18)11(13-14)20-2/h8H,3-7H2,1-2H3,(H,12,16). The molecule has 0 unspecified atom stereocenters. The summed E-state index contributed by atoms with van der Waals surface area (Å²) >= 11 is 0. The average Bonchev–Trinajstić information content (AvgIpc) is 2.85. The number of hydrogen-bond acceptors (Lipinski definition) is 6. The number of methoxy groups -OCH3 is 2. The molecule has 0 aliphatic rings. The molecule has 0 aliphatic carbocycles. The number of rotatable bonds is 9. The minimum absolute atomic E-state index is 0.0597. The van der Waals surface area contributed by atoms with Gasteiger partial charge in [-0.15, -0.1) is 5.10 Å². The number of nitrogens with one attached hydrogen (secondary N) is 1. The number of aryl methyl sites for hydroxylation is 1. The van der Waals surface area contributed by atoms with Gasteiger partial charge in [0.2, 0.25) is 5.91 Å². The first-order valence-corrected chi connectivity index (χ1v) is 6.10. The topological polar surface area (TPSA) is 109 Å². The molecule has 1 N–H and O–H groups in total. The lowest BCUT2D eigenvalue weighted by atomic mass is 10.3. The van der Waals surface area contributed by atoms with Crippen LogP contribution in [0.5, 0.6) is 5.88 Å². The van der Waals surface area contributed by atoms with Gasteiger partial charge in [-0.25, -0.2) is 0 Å². The van der Waals surface area contributed by atoms with E-state index in [-0.39, 0.29) is 30.4 Å². The third-order valence-electron chi connectivity index (χ3n) is 2.52. The normalized spacial score (nSPS) is 10.3. The van der Waals surface area contributed by atoms with Gasteiger partial charge >= 0.3 is 11.6 Å². The second-order valence-electron chi connectivity index (χ2n) is 3.99. The van der Waals surface area contributed by atoms with Crippen LogP contribution in [-0.4, -0.2) is 48.0 Å². The summed E-state index contributed by atoms with van der Waals surface area (Å²) in [5.74, 6) is -0.200. The van der Waals surface area contributed by atoms with Crippen LogP contribution in [0, 0.1) is 10.1 Å². The molecule has 1 amide bonds. The molecular weight excluding hydrogens is 268 g/mol. The van der Waals surface area contributed by atoms with Gasteiger partial charge < -0.3 is 14.8 Å². The number of aromatic nitrogens is 2. The maximum Gasteiger partial charge on any atom is 0.350 e. The molecule has 0 bridgehead atoms. The van der Waals surface area contributed by atoms with Gasteiger partial charge in [-0.05, 0) is 6.42 Å². The van der Waals surface area contributed by atoms with Crippen molar-refractivity contribution in [2.24, 2.45) is 0 Å². The fourth-order valence-electron chi connectivity index (χ4n) is 1.53. The van der Waals surface area contributed by atoms with Crippen molar-refractivity contribution in [3.63, 3.8) is 0 Å². The van der Waals surface area contributed by atoms with Crippen molar-refractivity contribution in [1.29, 1.82) is 0 Å². The molecule has 1 aromatic rings. The number of hydrogen-bond donors (Lipinski definition) is 1. The van der Waals surface area contributed by atoms with Gasteiger partial charge in [0.1, 0.15) is 6.20 Å². The van der Waals surface area contributed by atoms with Crippen LogP contribution in [0.4, 0.5) is 5.69 Å². The molecule has 0 aliphatic heterocycles. The van der Waals surface area contributed by atoms with E-state index in [1.165, 1.54) is 18.0 Å². The van der Waals surface area contributed by atoms with Gasteiger partial charge in [-0.1, -0.05) is 0 Å². The Balaban J connectivity index is 2.41. The summed E-state index contributed by atoms with van der Waals surface area (Å²) in [4.78, 5) is 21.7. The van der Waals surface area contributed by atoms with Crippen LogP contribution in [0.3, 0.4) is 0 Å². The molecule has 0 spiro atoms. The predicted molar refractivity (Wildman–Crippen MR) is 69.6 cm³/mol. The summed E-state index contributed by atoms with van der Waals surface area (Å²) in [5, 5.41) is 17.3. The third kappa shape index (κ3) is 4.84. The smallest absolute Gasteiger partial charge is 0.350 e. The third-order valence-corrected chi connectivity index (χ3v) is 2.52. The lowest BCUT2D eigenvalue weighted by molar-refractivity contribution is -0.385. The molecule has 1 heterocycles. The molecule has 9 heteroatoms. The number of carbonyl (C=O) groups excluding carboxylic acids is 1. The maximum absolute atomic E-state index is 11.5. The first kappa shape index (κ1) is 15.9. The van der Waals surface area contributed by atoms with Crippen molar-refractivity contribution in [3.05, 3.63) is 16.3 Å². The first-order chi connectivity index (χ1) is 9.58. The Bertz CT molecular complexity index is 460. The largest absolute Gasteiger partial charge is 0.475 e. The molecule has 0 aromatic carbocycles. The lowest BCUT2D eigenvalue weighted by Crippen LogP contribution is -2.26. The molecule has 112 valence electrons. The molecule has 1 rings (SSSR count). The molecule has 0 saturated carbocycles. The quantitative estimate of drug-likeness (QED) is 0.398. The van der Waals surface area contributed by atoms with E-state index in [0.29, 0.717) is 13.2 Å². The zero-order valence-corrected chi connectivity index (χ0v) is 11.5. The van der Waals surface area contributed by atoms with E-state index in [4.69, 9.17) is 9.47 Å². The van der Waals surface area contributed by atoms with E-state index in [1.54, 1.807) is 7.11 Å². The summed E-state index contributed by atoms with van der Waals surface area (Å²) < 4.78 is 11.0. The minimum atomic E-state index is -0.576. The van der Waals surface area contributed by atoms with Gasteiger partial charge in [0.05, 0.1) is 18.6 Å². The van der Waals surface area contributed by atoms with Gasteiger partial charge in [-0.3, -0.25) is 19.6 Å². The minimum Gasteiger partial charge on any atom is -0.475 e. The molecule has 0 atom stereocenters. The van der Waals surface area contributed by atoms with Crippen molar-refractivity contribution in [3.8, 4) is 5.88 Å². The molecule has 0 radical (unpaired) electrons. The molecule has 9 nitrogen and oxygen atoms in total. The highest BCUT2D eigenvalue weighted by molar-refractivity contribution is 5.75. The van der Waals surface area contributed by atoms with E-state index in [1.807, 2.05) is 0 Å². The fraction of sp³-hybridized carbons (Fsp3) is 0.636. The van der Waals surface area contributed by atoms with Crippen LogP contribution in [0.15, 0.2) is 6.20 Å². The molecule has 1 aromatic heterocycles. The van der Waals surface area contributed by atoms with Gasteiger partial charge in [0, 0.05) is 26.7 Å². The van der Waals surface area contributed by atoms with Gasteiger partial charge in [0.15, 0.2) is 0 Å². The van der Waals surface area contributed by atoms with E-state index in [9.17, 15) is 14.9 Å². The summed E-state index contributed by atoms with van der Waals surface area (Å²) in [6.07, 6.45) is 2.18. The van der Waals surface area contributed by atoms with Crippen molar-refractivity contribution in [2.45, 2.75) is 19.4 Å². The second kappa shape index (κ2) is 8.10. The summed E-state index contributed by atoms with van der Waals surface area (Å²) in [5.41, 5.74) is -0.215. The van der Waals surface area contributed by atoms with Crippen LogP contribution < -0.4 is 10.1 Å². The van der Waals surface area contributed by atoms with E-state index in [2.05, 4.69) is 10.4 Å². The SMILES string of the molecule is COCCCNC(=O)CCn1cc([N+](=O)[O-])c(OC)n1. The maximum atomic E-state index is 11.5. The number of nitrogens with zero attached hydrogens (tertiary/aromatic N) is 3. The highest BCUT2D eigenvalue weighted by Gasteiger charge is 2.20. The Labute approximate surface area is 116 Å². The zero-order chi connectivity index (χ0) is 15.0. The Hall–Kier alpha value is -2.16. The average molecular weight is 286 g/mol. The summed E-state index contributed by atoms with van der Waals surface area (Å²) in [7, 11) is 2.90. The van der Waals surface area contributed by atoms with E-state index >= 15 is 0 Å². The summed E-state index contributed by atoms with van der Waals surface area (Å²) in [6.45, 7) is 1.37. The fourth-order valence-corrected chi connectivity index (χ4v) is 1.53. The van der Waals surface area contributed by atoms with Crippen LogP contribution in [0.25, 0.3) is 0 Å². The van der Waals surface area contributed by atoms with Gasteiger partial charge in [0.25, 0.3) is 0 Å². The van der Waals surface area contributed by atoms with E-state index in [0.717, 1.165) is 6.42 Å². The number of ether oxygens (including phenoxy) is 2.